The highest BCUT2D eigenvalue weighted by molar-refractivity contribution is 7.30. The molecule has 2 aliphatic heterocycles. The summed E-state index contributed by atoms with van der Waals surface area (Å²) in [4.78, 5) is 1.46. The van der Waals surface area contributed by atoms with Crippen LogP contribution in [0, 0.1) is 20.8 Å². The highest BCUT2D eigenvalue weighted by atomic mass is 32.1. The molecule has 326 valence electrons. The molecule has 0 atom stereocenters. The van der Waals surface area contributed by atoms with Gasteiger partial charge in [0.15, 0.2) is 0 Å². The average molecular weight is 900 g/mol. The smallest absolute Gasteiger partial charge is 0.269 e. The molecule has 2 aliphatic carbocycles. The number of para-hydroxylation sites is 1. The average Bonchev–Trinajstić information content (AvgIpc) is 1.63. The van der Waals surface area contributed by atoms with Crippen LogP contribution >= 0.6 is 11.3 Å². The van der Waals surface area contributed by atoms with Crippen molar-refractivity contribution >= 4 is 72.7 Å². The Morgan fingerprint density at radius 1 is 0.712 bits per heavy atom. The number of benzene rings is 6. The third kappa shape index (κ3) is 5.29. The van der Waals surface area contributed by atoms with Crippen molar-refractivity contribution < 1.29 is 39.9 Å². The van der Waals surface area contributed by atoms with Crippen LogP contribution in [0.1, 0.15) is 120 Å². The van der Waals surface area contributed by atoms with Crippen LogP contribution in [0.15, 0.2) is 119 Å². The molecule has 9 aromatic rings. The maximum atomic E-state index is 11.0. The molecule has 5 heterocycles. The lowest BCUT2D eigenvalue weighted by molar-refractivity contribution is 0.284. The Balaban J connectivity index is 1.30. The predicted octanol–water partition coefficient (Wildman–Crippen LogP) is 14.1. The van der Waals surface area contributed by atoms with E-state index in [2.05, 4.69) is 0 Å². The monoisotopic (exact) mass is 900 g/mol. The van der Waals surface area contributed by atoms with Gasteiger partial charge >= 0.3 is 0 Å². The van der Waals surface area contributed by atoms with Gasteiger partial charge in [0.05, 0.1) is 50.1 Å². The van der Waals surface area contributed by atoms with E-state index >= 15 is 0 Å². The summed E-state index contributed by atoms with van der Waals surface area (Å²) in [6.45, 7) is 15.1. The van der Waals surface area contributed by atoms with E-state index in [9.17, 15) is 17.8 Å². The minimum atomic E-state index is -1.45. The van der Waals surface area contributed by atoms with Crippen LogP contribution in [0.5, 0.6) is 17.2 Å². The normalized spacial score (nSPS) is 20.7. The van der Waals surface area contributed by atoms with E-state index in [1.165, 1.54) is 16.6 Å². The molecule has 0 radical (unpaired) electrons. The van der Waals surface area contributed by atoms with Crippen molar-refractivity contribution in [3.05, 3.63) is 154 Å². The molecule has 7 heteroatoms. The number of fused-ring (bicyclic) bond motifs is 12. The zero-order valence-electron chi connectivity index (χ0n) is 57.0. The van der Waals surface area contributed by atoms with Gasteiger partial charge in [-0.15, -0.1) is 11.3 Å². The van der Waals surface area contributed by atoms with Crippen LogP contribution in [0.25, 0.3) is 49.3 Å². The number of thiophene rings is 1. The molecule has 3 aromatic heterocycles. The molecule has 0 fully saturated rings. The van der Waals surface area contributed by atoms with Crippen LogP contribution in [-0.4, -0.2) is 18.4 Å². The van der Waals surface area contributed by atoms with Gasteiger partial charge in [-0.2, -0.15) is 0 Å². The van der Waals surface area contributed by atoms with Gasteiger partial charge in [-0.25, -0.2) is 0 Å². The minimum Gasteiger partial charge on any atom is -0.497 e. The molecule has 0 saturated heterocycles. The molecule has 66 heavy (non-hydrogen) atoms. The van der Waals surface area contributed by atoms with E-state index in [0.29, 0.717) is 46.4 Å². The number of hydrogen-bond donors (Lipinski definition) is 0. The molecule has 0 amide bonds. The maximum absolute atomic E-state index is 11.0. The second-order valence-electron chi connectivity index (χ2n) is 19.6. The van der Waals surface area contributed by atoms with Gasteiger partial charge in [0, 0.05) is 65.5 Å². The summed E-state index contributed by atoms with van der Waals surface area (Å²) in [5.74, 6) is -0.418. The third-order valence-electron chi connectivity index (χ3n) is 14.2. The zero-order valence-corrected chi connectivity index (χ0v) is 38.8. The summed E-state index contributed by atoms with van der Waals surface area (Å²) in [5.41, 5.74) is -2.22. The molecule has 0 saturated carbocycles. The SMILES string of the molecule is [2H]c1c([2H])c([2H])c2c(c1[2H])-c1c(c3c([2H])c([2H])c([2H])c([2H])c3n1-c1c([2H])c3c4c(c1[2H])N(c1c([2H])c([2H])c(OC)c([2H])c1[2H])c1c(c([2H])c5oc6c(c5c1[2H])C(C)(C)CCC6(C)C)B4c1sc(-c4c(C)c([2H])c(C)c([2H])c4C)c([2H])c1O3)C2(C)C. The zero-order chi connectivity index (χ0) is 61.9. The van der Waals surface area contributed by atoms with Crippen molar-refractivity contribution in [1.82, 2.24) is 4.57 Å². The summed E-state index contributed by atoms with van der Waals surface area (Å²) >= 11 is 1.06. The molecule has 0 bridgehead atoms. The number of furan rings is 1. The fourth-order valence-electron chi connectivity index (χ4n) is 11.1. The van der Waals surface area contributed by atoms with Crippen LogP contribution in [0.4, 0.5) is 17.1 Å². The van der Waals surface area contributed by atoms with Gasteiger partial charge < -0.3 is 23.4 Å². The summed E-state index contributed by atoms with van der Waals surface area (Å²) in [6, 6.07) is -9.39. The van der Waals surface area contributed by atoms with Crippen molar-refractivity contribution in [2.75, 3.05) is 12.0 Å². The molecule has 0 N–H and O–H groups in total. The predicted molar refractivity (Wildman–Crippen MR) is 276 cm³/mol. The van der Waals surface area contributed by atoms with Crippen LogP contribution in [-0.2, 0) is 16.2 Å². The van der Waals surface area contributed by atoms with Crippen LogP contribution in [0.2, 0.25) is 0 Å². The molecule has 0 spiro atoms. The fourth-order valence-corrected chi connectivity index (χ4v) is 12.4. The van der Waals surface area contributed by atoms with E-state index in [1.807, 2.05) is 27.7 Å². The van der Waals surface area contributed by atoms with Crippen molar-refractivity contribution in [3.63, 3.8) is 0 Å². The topological polar surface area (TPSA) is 39.8 Å². The summed E-state index contributed by atoms with van der Waals surface area (Å²) < 4.78 is 205. The van der Waals surface area contributed by atoms with Gasteiger partial charge in [0.2, 0.25) is 0 Å². The van der Waals surface area contributed by atoms with E-state index < -0.39 is 125 Å². The first kappa shape index (κ1) is 24.9. The van der Waals surface area contributed by atoms with Gasteiger partial charge in [0.1, 0.15) is 28.6 Å². The van der Waals surface area contributed by atoms with E-state index in [1.54, 1.807) is 34.6 Å². The van der Waals surface area contributed by atoms with Gasteiger partial charge in [0.25, 0.3) is 6.71 Å². The lowest BCUT2D eigenvalue weighted by Crippen LogP contribution is -2.58. The molecule has 13 rings (SSSR count). The quantitative estimate of drug-likeness (QED) is 0.165. The van der Waals surface area contributed by atoms with Crippen molar-refractivity contribution in [1.29, 1.82) is 0 Å². The molecular weight excluding hydrogens is 828 g/mol. The standard InChI is InChI=1S/C59H53BN2O3S/c1-32-25-33(2)50(34(3)26-32)49-31-48-56(66-49)60-42-30-46-40(52-55(65-46)58(6,7)24-23-57(52,4)5)29-44(42)61(35-19-21-37(63-10)22-20-35)45-27-36(28-47(64-48)53(45)60)62-43-18-14-12-16-39(43)51-54(62)38-15-11-13-17-41(38)59(51,8)9/h11-22,25-31H,23-24H2,1-10H3/i11D,12D,13D,14D,15D,16D,17D,18D,19D,20D,21D,22D,25D,26D,27D,28D,29D,30D,31D. The lowest BCUT2D eigenvalue weighted by atomic mass is 9.37. The number of ether oxygens (including phenoxy) is 2. The highest BCUT2D eigenvalue weighted by Crippen LogP contribution is 2.56. The first-order chi connectivity index (χ1) is 39.6. The Labute approximate surface area is 418 Å². The highest BCUT2D eigenvalue weighted by Gasteiger charge is 2.47. The molecule has 5 nitrogen and oxygen atoms in total. The van der Waals surface area contributed by atoms with E-state index in [-0.39, 0.29) is 118 Å². The van der Waals surface area contributed by atoms with Gasteiger partial charge in [-0.05, 0) is 132 Å². The summed E-state index contributed by atoms with van der Waals surface area (Å²) in [5, 5.41) is 0.0997. The van der Waals surface area contributed by atoms with Crippen molar-refractivity contribution in [2.45, 2.75) is 91.4 Å². The third-order valence-corrected chi connectivity index (χ3v) is 15.3. The second-order valence-corrected chi connectivity index (χ2v) is 20.7. The molecule has 0 unspecified atom stereocenters. The fraction of sp³-hybridized carbons (Fsp3) is 0.254. The maximum Gasteiger partial charge on any atom is 0.269 e. The number of nitrogens with zero attached hydrogens (tertiary/aromatic N) is 2. The van der Waals surface area contributed by atoms with Crippen LogP contribution < -0.4 is 30.1 Å². The summed E-state index contributed by atoms with van der Waals surface area (Å²) in [7, 11) is 1.19. The first-order valence-corrected chi connectivity index (χ1v) is 22.8. The Morgan fingerprint density at radius 2 is 1.44 bits per heavy atom. The van der Waals surface area contributed by atoms with Gasteiger partial charge in [-0.1, -0.05) is 101 Å². The Morgan fingerprint density at radius 3 is 2.21 bits per heavy atom. The Hall–Kier alpha value is -6.44. The number of aromatic nitrogens is 1. The van der Waals surface area contributed by atoms with Gasteiger partial charge in [-0.3, -0.25) is 0 Å². The summed E-state index contributed by atoms with van der Waals surface area (Å²) in [6.07, 6.45) is 1.31. The largest absolute Gasteiger partial charge is 0.497 e. The number of hydrogen-bond acceptors (Lipinski definition) is 5. The molecule has 4 aliphatic rings. The van der Waals surface area contributed by atoms with E-state index in [4.69, 9.17) is 22.1 Å². The first-order valence-electron chi connectivity index (χ1n) is 31.5. The van der Waals surface area contributed by atoms with Crippen molar-refractivity contribution in [2.24, 2.45) is 0 Å². The van der Waals surface area contributed by atoms with Crippen LogP contribution in [0.3, 0.4) is 0 Å². The van der Waals surface area contributed by atoms with E-state index in [0.717, 1.165) is 11.3 Å². The Bertz CT molecular complexity index is 4650. The lowest BCUT2D eigenvalue weighted by Gasteiger charge is -2.40. The molecule has 6 aromatic carbocycles. The second kappa shape index (κ2) is 13.4. The van der Waals surface area contributed by atoms with Crippen molar-refractivity contribution in [3.8, 4) is 44.6 Å². The Kier molecular flexibility index (Phi) is 5.04. The minimum absolute atomic E-state index is 0.00246. The number of rotatable bonds is 4. The number of methoxy groups -OCH3 is 1. The molecular formula is C59H53BN2O3S. The number of anilines is 3.